The molecular weight excluding hydrogens is 264 g/mol. The smallest absolute Gasteiger partial charge is 0.161 e. The number of nitrogens with two attached hydrogens (primary N) is 1. The molecule has 0 fully saturated rings. The van der Waals surface area contributed by atoms with E-state index in [0.29, 0.717) is 19.2 Å². The molecule has 1 aromatic carbocycles. The molecule has 21 heavy (non-hydrogen) atoms. The third kappa shape index (κ3) is 3.69. The summed E-state index contributed by atoms with van der Waals surface area (Å²) >= 11 is 0. The average Bonchev–Trinajstić information content (AvgIpc) is 2.76. The van der Waals surface area contributed by atoms with Crippen LogP contribution in [0.5, 0.6) is 11.5 Å². The number of fused-ring (bicyclic) bond motifs is 1. The molecule has 4 nitrogen and oxygen atoms in total. The normalized spacial score (nSPS) is 17.4. The summed E-state index contributed by atoms with van der Waals surface area (Å²) in [5.74, 6) is 1.70. The quantitative estimate of drug-likeness (QED) is 0.875. The van der Waals surface area contributed by atoms with Crippen LogP contribution >= 0.6 is 0 Å². The largest absolute Gasteiger partial charge is 0.490 e. The molecule has 1 aliphatic rings. The van der Waals surface area contributed by atoms with E-state index in [2.05, 4.69) is 37.8 Å². The fraction of sp³-hybridized carbons (Fsp3) is 0.647. The number of nitrogens with zero attached hydrogens (tertiary/aromatic N) is 1. The van der Waals surface area contributed by atoms with Crippen LogP contribution in [0, 0.1) is 0 Å². The molecule has 2 atom stereocenters. The molecule has 118 valence electrons. The van der Waals surface area contributed by atoms with Crippen LogP contribution in [0.15, 0.2) is 18.2 Å². The van der Waals surface area contributed by atoms with E-state index in [1.807, 2.05) is 6.07 Å². The zero-order valence-electron chi connectivity index (χ0n) is 13.5. The minimum atomic E-state index is 0.224. The molecule has 0 amide bonds. The monoisotopic (exact) mass is 292 g/mol. The highest BCUT2D eigenvalue weighted by atomic mass is 16.5. The summed E-state index contributed by atoms with van der Waals surface area (Å²) in [4.78, 5) is 2.46. The molecule has 2 unspecified atom stereocenters. The average molecular weight is 292 g/mol. The van der Waals surface area contributed by atoms with Gasteiger partial charge in [0, 0.05) is 25.0 Å². The van der Waals surface area contributed by atoms with Gasteiger partial charge in [-0.05, 0) is 37.6 Å². The van der Waals surface area contributed by atoms with E-state index < -0.39 is 0 Å². The highest BCUT2D eigenvalue weighted by molar-refractivity contribution is 5.44. The van der Waals surface area contributed by atoms with Crippen molar-refractivity contribution in [2.45, 2.75) is 45.7 Å². The molecule has 0 saturated carbocycles. The zero-order chi connectivity index (χ0) is 15.2. The predicted molar refractivity (Wildman–Crippen MR) is 86.0 cm³/mol. The number of rotatable bonds is 6. The fourth-order valence-electron chi connectivity index (χ4n) is 2.92. The van der Waals surface area contributed by atoms with Crippen molar-refractivity contribution in [1.82, 2.24) is 4.90 Å². The van der Waals surface area contributed by atoms with Gasteiger partial charge >= 0.3 is 0 Å². The van der Waals surface area contributed by atoms with Crippen LogP contribution in [0.4, 0.5) is 0 Å². The molecule has 0 saturated heterocycles. The van der Waals surface area contributed by atoms with Crippen molar-refractivity contribution in [3.8, 4) is 11.5 Å². The number of hydrogen-bond acceptors (Lipinski definition) is 4. The van der Waals surface area contributed by atoms with Gasteiger partial charge in [0.1, 0.15) is 0 Å². The van der Waals surface area contributed by atoms with E-state index in [-0.39, 0.29) is 6.04 Å². The van der Waals surface area contributed by atoms with E-state index in [4.69, 9.17) is 15.2 Å². The van der Waals surface area contributed by atoms with Gasteiger partial charge in [-0.1, -0.05) is 19.9 Å². The van der Waals surface area contributed by atoms with Gasteiger partial charge in [0.2, 0.25) is 0 Å². The second kappa shape index (κ2) is 7.66. The third-order valence-electron chi connectivity index (χ3n) is 4.30. The third-order valence-corrected chi connectivity index (χ3v) is 4.30. The Morgan fingerprint density at radius 3 is 2.52 bits per heavy atom. The second-order valence-electron chi connectivity index (χ2n) is 5.60. The molecule has 1 aromatic rings. The Bertz CT molecular complexity index is 450. The van der Waals surface area contributed by atoms with Crippen molar-refractivity contribution >= 4 is 0 Å². The van der Waals surface area contributed by atoms with E-state index >= 15 is 0 Å². The van der Waals surface area contributed by atoms with Crippen molar-refractivity contribution in [2.75, 3.05) is 26.3 Å². The summed E-state index contributed by atoms with van der Waals surface area (Å²) in [6.07, 6.45) is 2.05. The van der Waals surface area contributed by atoms with Gasteiger partial charge in [-0.25, -0.2) is 0 Å². The zero-order valence-corrected chi connectivity index (χ0v) is 13.5. The summed E-state index contributed by atoms with van der Waals surface area (Å²) in [5, 5.41) is 0. The van der Waals surface area contributed by atoms with Gasteiger partial charge < -0.3 is 15.2 Å². The summed E-state index contributed by atoms with van der Waals surface area (Å²) in [6, 6.07) is 6.98. The maximum absolute atomic E-state index is 6.07. The standard InChI is InChI=1S/C17H28N2O2/c1-4-13(3)19(5-2)15(12-18)14-7-8-16-17(11-14)21-10-6-9-20-16/h7-8,11,13,15H,4-6,9-10,12,18H2,1-3H3. The predicted octanol–water partition coefficient (Wildman–Crippen LogP) is 2.97. The van der Waals surface area contributed by atoms with E-state index in [0.717, 1.165) is 37.5 Å². The molecule has 0 radical (unpaired) electrons. The number of likely N-dealkylation sites (N-methyl/N-ethyl adjacent to an activating group) is 1. The Morgan fingerprint density at radius 1 is 1.19 bits per heavy atom. The van der Waals surface area contributed by atoms with Crippen molar-refractivity contribution in [3.63, 3.8) is 0 Å². The lowest BCUT2D eigenvalue weighted by Gasteiger charge is -2.35. The van der Waals surface area contributed by atoms with E-state index in [9.17, 15) is 0 Å². The van der Waals surface area contributed by atoms with Crippen LogP contribution in [-0.4, -0.2) is 37.2 Å². The Hall–Kier alpha value is -1.26. The van der Waals surface area contributed by atoms with Gasteiger partial charge in [-0.15, -0.1) is 0 Å². The first-order valence-corrected chi connectivity index (χ1v) is 8.06. The minimum absolute atomic E-state index is 0.224. The summed E-state index contributed by atoms with van der Waals surface area (Å²) < 4.78 is 11.5. The highest BCUT2D eigenvalue weighted by Crippen LogP contribution is 2.34. The lowest BCUT2D eigenvalue weighted by Crippen LogP contribution is -2.39. The van der Waals surface area contributed by atoms with Gasteiger partial charge in [-0.2, -0.15) is 0 Å². The summed E-state index contributed by atoms with van der Waals surface area (Å²) in [7, 11) is 0. The van der Waals surface area contributed by atoms with Crippen molar-refractivity contribution in [3.05, 3.63) is 23.8 Å². The molecule has 1 aliphatic heterocycles. The first-order valence-electron chi connectivity index (χ1n) is 8.06. The lowest BCUT2D eigenvalue weighted by molar-refractivity contribution is 0.151. The second-order valence-corrected chi connectivity index (χ2v) is 5.60. The molecule has 1 heterocycles. The van der Waals surface area contributed by atoms with Crippen LogP contribution in [0.1, 0.15) is 45.2 Å². The summed E-state index contributed by atoms with van der Waals surface area (Å²) in [5.41, 5.74) is 7.28. The van der Waals surface area contributed by atoms with Crippen LogP contribution in [0.25, 0.3) is 0 Å². The lowest BCUT2D eigenvalue weighted by atomic mass is 10.0. The van der Waals surface area contributed by atoms with E-state index in [1.54, 1.807) is 0 Å². The molecule has 4 heteroatoms. The number of hydrogen-bond donors (Lipinski definition) is 1. The number of benzene rings is 1. The summed E-state index contributed by atoms with van der Waals surface area (Å²) in [6.45, 7) is 9.71. The van der Waals surface area contributed by atoms with Crippen molar-refractivity contribution < 1.29 is 9.47 Å². The minimum Gasteiger partial charge on any atom is -0.490 e. The SMILES string of the molecule is CCC(C)N(CC)C(CN)c1ccc2c(c1)OCCCO2. The maximum atomic E-state index is 6.07. The fourth-order valence-corrected chi connectivity index (χ4v) is 2.92. The Balaban J connectivity index is 2.27. The van der Waals surface area contributed by atoms with Crippen molar-refractivity contribution in [2.24, 2.45) is 5.73 Å². The van der Waals surface area contributed by atoms with Gasteiger partial charge in [-0.3, -0.25) is 4.90 Å². The molecule has 0 spiro atoms. The highest BCUT2D eigenvalue weighted by Gasteiger charge is 2.23. The molecule has 0 aliphatic carbocycles. The molecule has 0 bridgehead atoms. The maximum Gasteiger partial charge on any atom is 0.161 e. The first kappa shape index (κ1) is 16.1. The van der Waals surface area contributed by atoms with Crippen LogP contribution in [-0.2, 0) is 0 Å². The van der Waals surface area contributed by atoms with E-state index in [1.165, 1.54) is 5.56 Å². The Kier molecular flexibility index (Phi) is 5.88. The number of ether oxygens (including phenoxy) is 2. The first-order chi connectivity index (χ1) is 10.2. The Labute approximate surface area is 128 Å². The molecule has 2 N–H and O–H groups in total. The van der Waals surface area contributed by atoms with Gasteiger partial charge in [0.15, 0.2) is 11.5 Å². The topological polar surface area (TPSA) is 47.7 Å². The Morgan fingerprint density at radius 2 is 1.90 bits per heavy atom. The molecule has 0 aromatic heterocycles. The van der Waals surface area contributed by atoms with Crippen molar-refractivity contribution in [1.29, 1.82) is 0 Å². The van der Waals surface area contributed by atoms with Gasteiger partial charge in [0.25, 0.3) is 0 Å². The molecule has 2 rings (SSSR count). The van der Waals surface area contributed by atoms with Gasteiger partial charge in [0.05, 0.1) is 13.2 Å². The van der Waals surface area contributed by atoms with Crippen LogP contribution in [0.2, 0.25) is 0 Å². The molecular formula is C17H28N2O2. The van der Waals surface area contributed by atoms with Crippen LogP contribution < -0.4 is 15.2 Å². The van der Waals surface area contributed by atoms with Crippen LogP contribution in [0.3, 0.4) is 0 Å².